The lowest BCUT2D eigenvalue weighted by atomic mass is 10.2. The summed E-state index contributed by atoms with van der Waals surface area (Å²) >= 11 is 6.90. The first-order chi connectivity index (χ1) is 12.6. The predicted molar refractivity (Wildman–Crippen MR) is 106 cm³/mol. The molecule has 0 saturated heterocycles. The maximum atomic E-state index is 12.5. The Morgan fingerprint density at radius 2 is 2.08 bits per heavy atom. The summed E-state index contributed by atoms with van der Waals surface area (Å²) in [7, 11) is 1.61. The molecule has 0 aliphatic carbocycles. The average molecular weight is 387 g/mol. The molecule has 2 N–H and O–H groups in total. The number of hydrogen-bond acceptors (Lipinski definition) is 5. The van der Waals surface area contributed by atoms with E-state index >= 15 is 0 Å². The van der Waals surface area contributed by atoms with E-state index in [1.807, 2.05) is 54.8 Å². The number of amides is 1. The number of anilines is 1. The van der Waals surface area contributed by atoms with Gasteiger partial charge in [-0.25, -0.2) is 0 Å². The number of rotatable bonds is 6. The van der Waals surface area contributed by atoms with E-state index in [9.17, 15) is 4.79 Å². The van der Waals surface area contributed by atoms with Crippen molar-refractivity contribution in [1.82, 2.24) is 14.8 Å². The molecule has 0 aliphatic rings. The number of carbonyl (C=O) groups is 1. The normalized spacial score (nSPS) is 10.5. The zero-order valence-electron chi connectivity index (χ0n) is 14.4. The van der Waals surface area contributed by atoms with Crippen LogP contribution in [0.4, 0.5) is 5.69 Å². The summed E-state index contributed by atoms with van der Waals surface area (Å²) in [4.78, 5) is 13.6. The average Bonchev–Trinajstić information content (AvgIpc) is 3.02. The van der Waals surface area contributed by atoms with Crippen molar-refractivity contribution >= 4 is 35.6 Å². The lowest BCUT2D eigenvalue weighted by molar-refractivity contribution is -0.116. The monoisotopic (exact) mass is 386 g/mol. The lowest BCUT2D eigenvalue weighted by Crippen LogP contribution is -2.19. The van der Waals surface area contributed by atoms with Crippen LogP contribution in [0.1, 0.15) is 0 Å². The van der Waals surface area contributed by atoms with E-state index in [2.05, 4.69) is 15.5 Å². The van der Waals surface area contributed by atoms with Crippen LogP contribution in [0.15, 0.2) is 53.4 Å². The zero-order valence-corrected chi connectivity index (χ0v) is 16.0. The molecule has 3 aromatic rings. The highest BCUT2D eigenvalue weighted by Gasteiger charge is 2.13. The SMILES string of the molecule is COc1ccc(-c2n[nH]c(=S)n2CC(=O)Nc2cccc(SC)c2)cc1. The second kappa shape index (κ2) is 8.20. The molecule has 0 saturated carbocycles. The summed E-state index contributed by atoms with van der Waals surface area (Å²) < 4.78 is 7.23. The van der Waals surface area contributed by atoms with Crippen LogP contribution in [-0.4, -0.2) is 34.0 Å². The minimum absolute atomic E-state index is 0.0696. The van der Waals surface area contributed by atoms with Crippen molar-refractivity contribution in [2.45, 2.75) is 11.4 Å². The Hall–Kier alpha value is -2.58. The molecule has 0 bridgehead atoms. The van der Waals surface area contributed by atoms with E-state index in [-0.39, 0.29) is 12.5 Å². The Balaban J connectivity index is 1.80. The van der Waals surface area contributed by atoms with Crippen molar-refractivity contribution in [3.05, 3.63) is 53.3 Å². The molecule has 0 atom stereocenters. The molecule has 2 aromatic carbocycles. The molecule has 8 heteroatoms. The van der Waals surface area contributed by atoms with Gasteiger partial charge in [-0.15, -0.1) is 11.8 Å². The van der Waals surface area contributed by atoms with Gasteiger partial charge < -0.3 is 10.1 Å². The highest BCUT2D eigenvalue weighted by molar-refractivity contribution is 7.98. The number of ether oxygens (including phenoxy) is 1. The van der Waals surface area contributed by atoms with Gasteiger partial charge in [0.15, 0.2) is 10.6 Å². The molecule has 134 valence electrons. The fourth-order valence-corrected chi connectivity index (χ4v) is 3.13. The number of aromatic nitrogens is 3. The van der Waals surface area contributed by atoms with Crippen LogP contribution in [-0.2, 0) is 11.3 Å². The number of H-pyrrole nitrogens is 1. The van der Waals surface area contributed by atoms with Crippen LogP contribution in [0.3, 0.4) is 0 Å². The Labute approximate surface area is 160 Å². The Bertz CT molecular complexity index is 964. The molecular weight excluding hydrogens is 368 g/mol. The molecular formula is C18H18N4O2S2. The molecule has 0 spiro atoms. The third-order valence-corrected chi connectivity index (χ3v) is 4.80. The molecule has 0 unspecified atom stereocenters. The largest absolute Gasteiger partial charge is 0.497 e. The van der Waals surface area contributed by atoms with Gasteiger partial charge >= 0.3 is 0 Å². The summed E-state index contributed by atoms with van der Waals surface area (Å²) in [6.45, 7) is 0.0696. The van der Waals surface area contributed by atoms with Gasteiger partial charge in [0.1, 0.15) is 12.3 Å². The number of nitrogens with zero attached hydrogens (tertiary/aromatic N) is 2. The van der Waals surface area contributed by atoms with Crippen molar-refractivity contribution in [1.29, 1.82) is 0 Å². The van der Waals surface area contributed by atoms with Crippen LogP contribution < -0.4 is 10.1 Å². The first-order valence-corrected chi connectivity index (χ1v) is 9.47. The van der Waals surface area contributed by atoms with Gasteiger partial charge in [-0.2, -0.15) is 5.10 Å². The maximum absolute atomic E-state index is 12.5. The van der Waals surface area contributed by atoms with Crippen LogP contribution in [0.5, 0.6) is 5.75 Å². The molecule has 0 aliphatic heterocycles. The topological polar surface area (TPSA) is 71.9 Å². The second-order valence-electron chi connectivity index (χ2n) is 5.45. The van der Waals surface area contributed by atoms with Gasteiger partial charge in [-0.05, 0) is 60.9 Å². The van der Waals surface area contributed by atoms with Gasteiger partial charge in [0.05, 0.1) is 7.11 Å². The van der Waals surface area contributed by atoms with E-state index in [0.717, 1.165) is 21.9 Å². The third-order valence-electron chi connectivity index (χ3n) is 3.76. The quantitative estimate of drug-likeness (QED) is 0.495. The highest BCUT2D eigenvalue weighted by Crippen LogP contribution is 2.22. The Kier molecular flexibility index (Phi) is 5.75. The molecule has 1 aromatic heterocycles. The van der Waals surface area contributed by atoms with Gasteiger partial charge in [0.25, 0.3) is 0 Å². The molecule has 3 rings (SSSR count). The number of aromatic amines is 1. The van der Waals surface area contributed by atoms with Crippen molar-refractivity contribution in [3.8, 4) is 17.1 Å². The van der Waals surface area contributed by atoms with Gasteiger partial charge in [-0.3, -0.25) is 14.5 Å². The van der Waals surface area contributed by atoms with Gasteiger partial charge in [0, 0.05) is 16.1 Å². The zero-order chi connectivity index (χ0) is 18.5. The van der Waals surface area contributed by atoms with E-state index < -0.39 is 0 Å². The molecule has 1 amide bonds. The summed E-state index contributed by atoms with van der Waals surface area (Å²) in [5.41, 5.74) is 1.60. The molecule has 0 radical (unpaired) electrons. The van der Waals surface area contributed by atoms with Crippen molar-refractivity contribution in [2.75, 3.05) is 18.7 Å². The standard InChI is InChI=1S/C18H18N4O2S2/c1-24-14-8-6-12(7-9-14)17-20-21-18(25)22(17)11-16(23)19-13-4-3-5-15(10-13)26-2/h3-10H,11H2,1-2H3,(H,19,23)(H,21,25). The summed E-state index contributed by atoms with van der Waals surface area (Å²) in [5.74, 6) is 1.18. The Morgan fingerprint density at radius 1 is 1.31 bits per heavy atom. The molecule has 0 fully saturated rings. The Morgan fingerprint density at radius 3 is 2.77 bits per heavy atom. The number of thioether (sulfide) groups is 1. The van der Waals surface area contributed by atoms with Crippen LogP contribution >= 0.6 is 24.0 Å². The van der Waals surface area contributed by atoms with Gasteiger partial charge in [-0.1, -0.05) is 6.07 Å². The third kappa shape index (κ3) is 4.14. The number of benzene rings is 2. The molecule has 26 heavy (non-hydrogen) atoms. The minimum Gasteiger partial charge on any atom is -0.497 e. The van der Waals surface area contributed by atoms with E-state index in [4.69, 9.17) is 17.0 Å². The number of nitrogens with one attached hydrogen (secondary N) is 2. The first kappa shape index (κ1) is 18.2. The maximum Gasteiger partial charge on any atom is 0.244 e. The molecule has 1 heterocycles. The molecule has 6 nitrogen and oxygen atoms in total. The van der Waals surface area contributed by atoms with Gasteiger partial charge in [0.2, 0.25) is 5.91 Å². The first-order valence-electron chi connectivity index (χ1n) is 7.84. The van der Waals surface area contributed by atoms with Crippen LogP contribution in [0, 0.1) is 4.77 Å². The van der Waals surface area contributed by atoms with E-state index in [1.54, 1.807) is 23.4 Å². The smallest absolute Gasteiger partial charge is 0.244 e. The van der Waals surface area contributed by atoms with Crippen LogP contribution in [0.2, 0.25) is 0 Å². The van der Waals surface area contributed by atoms with E-state index in [1.165, 1.54) is 0 Å². The summed E-state index contributed by atoms with van der Waals surface area (Å²) in [6, 6.07) is 15.1. The minimum atomic E-state index is -0.171. The van der Waals surface area contributed by atoms with Crippen molar-refractivity contribution in [2.24, 2.45) is 0 Å². The second-order valence-corrected chi connectivity index (χ2v) is 6.71. The van der Waals surface area contributed by atoms with E-state index in [0.29, 0.717) is 10.6 Å². The number of carbonyl (C=O) groups excluding carboxylic acids is 1. The fraction of sp³-hybridized carbons (Fsp3) is 0.167. The number of methoxy groups -OCH3 is 1. The van der Waals surface area contributed by atoms with Crippen molar-refractivity contribution < 1.29 is 9.53 Å². The lowest BCUT2D eigenvalue weighted by Gasteiger charge is -2.09. The fourth-order valence-electron chi connectivity index (χ4n) is 2.47. The number of hydrogen-bond donors (Lipinski definition) is 2. The van der Waals surface area contributed by atoms with Crippen LogP contribution in [0.25, 0.3) is 11.4 Å². The summed E-state index contributed by atoms with van der Waals surface area (Å²) in [6.07, 6.45) is 1.99. The predicted octanol–water partition coefficient (Wildman–Crippen LogP) is 3.98. The highest BCUT2D eigenvalue weighted by atomic mass is 32.2. The van der Waals surface area contributed by atoms with Crippen molar-refractivity contribution in [3.63, 3.8) is 0 Å². The summed E-state index contributed by atoms with van der Waals surface area (Å²) in [5, 5.41) is 9.90.